The topological polar surface area (TPSA) is 125 Å². The number of aliphatic hydroxyl groups is 1. The second-order valence-electron chi connectivity index (χ2n) is 10.4. The number of likely N-dealkylation sites (tertiary alicyclic amines) is 1. The van der Waals surface area contributed by atoms with E-state index in [1.54, 1.807) is 7.11 Å². The first-order valence-corrected chi connectivity index (χ1v) is 13.3. The lowest BCUT2D eigenvalue weighted by Crippen LogP contribution is -2.68. The first-order chi connectivity index (χ1) is 19.1. The first-order valence-electron chi connectivity index (χ1n) is 13.3. The van der Waals surface area contributed by atoms with E-state index in [0.717, 1.165) is 61.5 Å². The highest BCUT2D eigenvalue weighted by atomic mass is 16.5. The molecule has 0 radical (unpaired) electrons. The summed E-state index contributed by atoms with van der Waals surface area (Å²) in [5.41, 5.74) is 4.67. The average Bonchev–Trinajstić information content (AvgIpc) is 3.43. The van der Waals surface area contributed by atoms with Gasteiger partial charge in [0, 0.05) is 86.8 Å². The summed E-state index contributed by atoms with van der Waals surface area (Å²) in [4.78, 5) is 16.2. The summed E-state index contributed by atoms with van der Waals surface area (Å²) in [6.07, 6.45) is 10.3. The summed E-state index contributed by atoms with van der Waals surface area (Å²) < 4.78 is 5.17. The van der Waals surface area contributed by atoms with Crippen LogP contribution in [0.1, 0.15) is 24.0 Å². The van der Waals surface area contributed by atoms with Gasteiger partial charge >= 0.3 is 0 Å². The molecular weight excluding hydrogens is 492 g/mol. The summed E-state index contributed by atoms with van der Waals surface area (Å²) in [5.74, 6) is 1.58. The molecule has 5 aliphatic rings. The SMILES string of the molecule is COc1ccc(CN2C3CC2CN(c2ccc(C4=CC(N5CCC(O)C5)=CN/C4=C(/C#N)C=N)cn2)C3)cn1. The Morgan fingerprint density at radius 3 is 2.64 bits per heavy atom. The molecule has 200 valence electrons. The van der Waals surface area contributed by atoms with E-state index in [0.29, 0.717) is 30.2 Å². The molecule has 7 heterocycles. The molecule has 4 fully saturated rings. The zero-order chi connectivity index (χ0) is 26.9. The van der Waals surface area contributed by atoms with Crippen molar-refractivity contribution >= 4 is 17.6 Å². The minimum absolute atomic E-state index is 0.255. The zero-order valence-corrected chi connectivity index (χ0v) is 21.9. The van der Waals surface area contributed by atoms with Crippen molar-refractivity contribution in [3.8, 4) is 11.9 Å². The molecule has 5 aliphatic heterocycles. The fraction of sp³-hybridized carbons (Fsp3) is 0.379. The molecule has 2 bridgehead atoms. The normalized spacial score (nSPS) is 25.6. The van der Waals surface area contributed by atoms with Gasteiger partial charge in [0.15, 0.2) is 0 Å². The number of piperazine rings is 1. The van der Waals surface area contributed by atoms with Gasteiger partial charge in [-0.25, -0.2) is 9.97 Å². The maximum Gasteiger partial charge on any atom is 0.212 e. The Morgan fingerprint density at radius 2 is 2.03 bits per heavy atom. The third-order valence-electron chi connectivity index (χ3n) is 8.09. The molecule has 3 unspecified atom stereocenters. The number of pyridine rings is 2. The highest BCUT2D eigenvalue weighted by Gasteiger charge is 2.44. The van der Waals surface area contributed by atoms with Crippen LogP contribution >= 0.6 is 0 Å². The van der Waals surface area contributed by atoms with Gasteiger partial charge < -0.3 is 30.4 Å². The molecule has 10 nitrogen and oxygen atoms in total. The van der Waals surface area contributed by atoms with Crippen LogP contribution in [0.15, 0.2) is 65.9 Å². The molecule has 2 aromatic heterocycles. The molecule has 0 amide bonds. The number of rotatable bonds is 7. The third kappa shape index (κ3) is 4.87. The van der Waals surface area contributed by atoms with Crippen molar-refractivity contribution in [2.75, 3.05) is 38.2 Å². The molecule has 3 atom stereocenters. The summed E-state index contributed by atoms with van der Waals surface area (Å²) in [5, 5.41) is 30.6. The van der Waals surface area contributed by atoms with Crippen molar-refractivity contribution in [3.05, 3.63) is 77.0 Å². The first kappa shape index (κ1) is 25.1. The van der Waals surface area contributed by atoms with Gasteiger partial charge in [-0.3, -0.25) is 4.90 Å². The lowest BCUT2D eigenvalue weighted by molar-refractivity contribution is -0.00877. The molecule has 39 heavy (non-hydrogen) atoms. The Hall–Kier alpha value is -4.20. The predicted octanol–water partition coefficient (Wildman–Crippen LogP) is 2.27. The van der Waals surface area contributed by atoms with Gasteiger partial charge in [-0.2, -0.15) is 5.26 Å². The number of ether oxygens (including phenoxy) is 1. The fourth-order valence-electron chi connectivity index (χ4n) is 5.96. The summed E-state index contributed by atoms with van der Waals surface area (Å²) >= 11 is 0. The molecule has 2 aromatic rings. The van der Waals surface area contributed by atoms with E-state index in [1.165, 1.54) is 12.0 Å². The van der Waals surface area contributed by atoms with E-state index >= 15 is 0 Å². The Morgan fingerprint density at radius 1 is 1.18 bits per heavy atom. The third-order valence-corrected chi connectivity index (χ3v) is 8.09. The average molecular weight is 525 g/mol. The van der Waals surface area contributed by atoms with Gasteiger partial charge in [-0.05, 0) is 36.6 Å². The Bertz CT molecular complexity index is 1360. The minimum Gasteiger partial charge on any atom is -0.481 e. The van der Waals surface area contributed by atoms with Crippen LogP contribution in [0.25, 0.3) is 5.57 Å². The number of nitrogens with one attached hydrogen (secondary N) is 2. The smallest absolute Gasteiger partial charge is 0.212 e. The van der Waals surface area contributed by atoms with Crippen LogP contribution in [-0.2, 0) is 6.54 Å². The standard InChI is InChI=1S/C29H32N8O2/c1-39-28-5-2-19(12-33-28)15-37-23-8-24(37)17-36(16-23)27-4-3-20(13-32-27)26-9-22(35-7-6-25(38)18-35)14-34-29(26)21(10-30)11-31/h2-5,9-10,12-14,23-25,30,34,38H,6-8,15-18H2,1H3/b29-21+,30-10?. The molecule has 4 saturated heterocycles. The summed E-state index contributed by atoms with van der Waals surface area (Å²) in [7, 11) is 1.63. The van der Waals surface area contributed by atoms with Gasteiger partial charge in [-0.15, -0.1) is 0 Å². The van der Waals surface area contributed by atoms with E-state index in [-0.39, 0.29) is 11.7 Å². The molecule has 0 saturated carbocycles. The highest BCUT2D eigenvalue weighted by Crippen LogP contribution is 2.36. The number of allylic oxidation sites excluding steroid dienone is 3. The number of methoxy groups -OCH3 is 1. The highest BCUT2D eigenvalue weighted by molar-refractivity contribution is 5.93. The van der Waals surface area contributed by atoms with Gasteiger partial charge in [0.25, 0.3) is 0 Å². The van der Waals surface area contributed by atoms with Crippen LogP contribution in [0, 0.1) is 16.7 Å². The van der Waals surface area contributed by atoms with Crippen LogP contribution in [0.2, 0.25) is 0 Å². The summed E-state index contributed by atoms with van der Waals surface area (Å²) in [6.45, 7) is 4.10. The number of piperidine rings is 1. The molecule has 0 aliphatic carbocycles. The van der Waals surface area contributed by atoms with Gasteiger partial charge in [0.05, 0.1) is 30.2 Å². The van der Waals surface area contributed by atoms with Crippen LogP contribution in [0.3, 0.4) is 0 Å². The zero-order valence-electron chi connectivity index (χ0n) is 21.9. The van der Waals surface area contributed by atoms with Crippen molar-refractivity contribution in [1.82, 2.24) is 25.1 Å². The second kappa shape index (κ2) is 10.5. The number of anilines is 1. The van der Waals surface area contributed by atoms with Crippen molar-refractivity contribution in [2.24, 2.45) is 0 Å². The van der Waals surface area contributed by atoms with E-state index < -0.39 is 0 Å². The van der Waals surface area contributed by atoms with Crippen molar-refractivity contribution in [2.45, 2.75) is 37.6 Å². The van der Waals surface area contributed by atoms with Crippen LogP contribution in [0.5, 0.6) is 5.88 Å². The lowest BCUT2D eigenvalue weighted by atomic mass is 9.87. The second-order valence-corrected chi connectivity index (χ2v) is 10.4. The van der Waals surface area contributed by atoms with Gasteiger partial charge in [0.2, 0.25) is 5.88 Å². The van der Waals surface area contributed by atoms with Crippen molar-refractivity contribution < 1.29 is 9.84 Å². The molecule has 0 spiro atoms. The molecule has 3 N–H and O–H groups in total. The largest absolute Gasteiger partial charge is 0.481 e. The van der Waals surface area contributed by atoms with Gasteiger partial charge in [-0.1, -0.05) is 6.07 Å². The van der Waals surface area contributed by atoms with E-state index in [2.05, 4.69) is 37.1 Å². The number of β-amino-alcohol motifs (C(OH)–C–C–N with tert-alkyl or cyclic N) is 1. The predicted molar refractivity (Wildman–Crippen MR) is 148 cm³/mol. The van der Waals surface area contributed by atoms with E-state index in [1.807, 2.05) is 42.9 Å². The van der Waals surface area contributed by atoms with Crippen LogP contribution in [-0.4, -0.2) is 82.6 Å². The quantitative estimate of drug-likeness (QED) is 0.370. The minimum atomic E-state index is -0.337. The fourth-order valence-corrected chi connectivity index (χ4v) is 5.96. The lowest BCUT2D eigenvalue weighted by Gasteiger charge is -2.56. The number of hydrogen-bond donors (Lipinski definition) is 3. The van der Waals surface area contributed by atoms with Crippen LogP contribution in [0.4, 0.5) is 5.82 Å². The Balaban J connectivity index is 1.17. The molecule has 7 rings (SSSR count). The number of hydrogen-bond acceptors (Lipinski definition) is 10. The van der Waals surface area contributed by atoms with Crippen LogP contribution < -0.4 is 15.0 Å². The number of nitrogens with zero attached hydrogens (tertiary/aromatic N) is 6. The Kier molecular flexibility index (Phi) is 6.77. The molecule has 0 aromatic carbocycles. The molecular formula is C29H32N8O2. The maximum atomic E-state index is 10.00. The number of dihydropyridines is 1. The summed E-state index contributed by atoms with van der Waals surface area (Å²) in [6, 6.07) is 11.2. The number of nitriles is 1. The molecule has 10 heteroatoms. The number of aromatic nitrogens is 2. The van der Waals surface area contributed by atoms with Gasteiger partial charge in [0.1, 0.15) is 11.9 Å². The number of aliphatic hydroxyl groups excluding tert-OH is 1. The van der Waals surface area contributed by atoms with E-state index in [9.17, 15) is 10.4 Å². The van der Waals surface area contributed by atoms with E-state index in [4.69, 9.17) is 15.1 Å². The monoisotopic (exact) mass is 524 g/mol. The van der Waals surface area contributed by atoms with Crippen molar-refractivity contribution in [3.63, 3.8) is 0 Å². The maximum absolute atomic E-state index is 10.00. The Labute approximate surface area is 228 Å². The van der Waals surface area contributed by atoms with Crippen molar-refractivity contribution in [1.29, 1.82) is 10.7 Å². The number of fused-ring (bicyclic) bond motifs is 2.